The van der Waals surface area contributed by atoms with Gasteiger partial charge in [0.05, 0.1) is 5.52 Å². The van der Waals surface area contributed by atoms with Crippen LogP contribution in [-0.4, -0.2) is 31.5 Å². The average Bonchev–Trinajstić information content (AvgIpc) is 3.13. The zero-order valence-electron chi connectivity index (χ0n) is 10.8. The van der Waals surface area contributed by atoms with Crippen LogP contribution in [0.3, 0.4) is 0 Å². The van der Waals surface area contributed by atoms with E-state index >= 15 is 0 Å². The summed E-state index contributed by atoms with van der Waals surface area (Å²) < 4.78 is 0. The first-order valence-corrected chi connectivity index (χ1v) is 6.36. The summed E-state index contributed by atoms with van der Waals surface area (Å²) in [5, 5.41) is 21.1. The van der Waals surface area contributed by atoms with Gasteiger partial charge in [-0.25, -0.2) is 0 Å². The zero-order valence-corrected chi connectivity index (χ0v) is 10.8. The van der Waals surface area contributed by atoms with E-state index in [1.807, 2.05) is 24.3 Å². The molecule has 0 unspecified atom stereocenters. The SMILES string of the molecule is O=C(Nc1n[nH]c2ccccc12)c1ccc2n[nH]nc2c1. The molecule has 0 aliphatic rings. The van der Waals surface area contributed by atoms with Crippen LogP contribution in [0.1, 0.15) is 10.4 Å². The molecule has 0 atom stereocenters. The van der Waals surface area contributed by atoms with Gasteiger partial charge in [-0.2, -0.15) is 20.5 Å². The number of amides is 1. The molecule has 0 aliphatic carbocycles. The predicted octanol–water partition coefficient (Wildman–Crippen LogP) is 2.09. The largest absolute Gasteiger partial charge is 0.305 e. The van der Waals surface area contributed by atoms with Gasteiger partial charge in [-0.05, 0) is 30.3 Å². The Bertz CT molecular complexity index is 954. The summed E-state index contributed by atoms with van der Waals surface area (Å²) in [4.78, 5) is 12.3. The number of carbonyl (C=O) groups is 1. The highest BCUT2D eigenvalue weighted by Gasteiger charge is 2.12. The number of nitrogens with zero attached hydrogens (tertiary/aromatic N) is 3. The molecule has 4 aromatic rings. The third-order valence-corrected chi connectivity index (χ3v) is 3.28. The Morgan fingerprint density at radius 3 is 2.81 bits per heavy atom. The molecule has 3 N–H and O–H groups in total. The van der Waals surface area contributed by atoms with Gasteiger partial charge in [-0.3, -0.25) is 9.89 Å². The van der Waals surface area contributed by atoms with Gasteiger partial charge in [0.2, 0.25) is 0 Å². The number of hydrogen-bond acceptors (Lipinski definition) is 4. The van der Waals surface area contributed by atoms with Crippen molar-refractivity contribution in [2.75, 3.05) is 5.32 Å². The van der Waals surface area contributed by atoms with Crippen LogP contribution in [0.4, 0.5) is 5.82 Å². The lowest BCUT2D eigenvalue weighted by Crippen LogP contribution is -2.12. The molecule has 7 nitrogen and oxygen atoms in total. The number of para-hydroxylation sites is 1. The number of hydrogen-bond donors (Lipinski definition) is 3. The Labute approximate surface area is 118 Å². The van der Waals surface area contributed by atoms with Crippen LogP contribution in [0.5, 0.6) is 0 Å². The highest BCUT2D eigenvalue weighted by Crippen LogP contribution is 2.20. The van der Waals surface area contributed by atoms with E-state index in [9.17, 15) is 4.79 Å². The van der Waals surface area contributed by atoms with Crippen molar-refractivity contribution in [3.63, 3.8) is 0 Å². The number of aromatic amines is 2. The van der Waals surface area contributed by atoms with Crippen LogP contribution in [0, 0.1) is 0 Å². The average molecular weight is 278 g/mol. The molecule has 4 rings (SSSR count). The van der Waals surface area contributed by atoms with Crippen molar-refractivity contribution < 1.29 is 4.79 Å². The van der Waals surface area contributed by atoms with Gasteiger partial charge in [0.1, 0.15) is 11.0 Å². The van der Waals surface area contributed by atoms with Crippen LogP contribution in [-0.2, 0) is 0 Å². The normalized spacial score (nSPS) is 11.0. The molecule has 102 valence electrons. The molecular weight excluding hydrogens is 268 g/mol. The molecule has 1 amide bonds. The summed E-state index contributed by atoms with van der Waals surface area (Å²) in [5.41, 5.74) is 2.74. The first kappa shape index (κ1) is 11.6. The second kappa shape index (κ2) is 4.41. The lowest BCUT2D eigenvalue weighted by Gasteiger charge is -2.02. The molecule has 7 heteroatoms. The molecule has 0 saturated carbocycles. The fraction of sp³-hybridized carbons (Fsp3) is 0. The lowest BCUT2D eigenvalue weighted by atomic mass is 10.2. The van der Waals surface area contributed by atoms with Crippen molar-refractivity contribution in [1.29, 1.82) is 0 Å². The van der Waals surface area contributed by atoms with E-state index in [1.54, 1.807) is 18.2 Å². The molecule has 0 radical (unpaired) electrons. The monoisotopic (exact) mass is 278 g/mol. The van der Waals surface area contributed by atoms with E-state index in [2.05, 4.69) is 30.9 Å². The molecule has 21 heavy (non-hydrogen) atoms. The Morgan fingerprint density at radius 1 is 1.00 bits per heavy atom. The van der Waals surface area contributed by atoms with Crippen molar-refractivity contribution in [1.82, 2.24) is 25.6 Å². The molecule has 0 fully saturated rings. The Kier molecular flexibility index (Phi) is 2.43. The summed E-state index contributed by atoms with van der Waals surface area (Å²) in [5.74, 6) is 0.271. The van der Waals surface area contributed by atoms with Gasteiger partial charge in [0, 0.05) is 10.9 Å². The molecule has 2 aromatic heterocycles. The van der Waals surface area contributed by atoms with Crippen LogP contribution in [0.2, 0.25) is 0 Å². The zero-order chi connectivity index (χ0) is 14.2. The van der Waals surface area contributed by atoms with E-state index in [0.29, 0.717) is 16.9 Å². The fourth-order valence-electron chi connectivity index (χ4n) is 2.22. The molecular formula is C14H10N6O. The van der Waals surface area contributed by atoms with Crippen molar-refractivity contribution >= 4 is 33.7 Å². The second-order valence-electron chi connectivity index (χ2n) is 4.60. The Balaban J connectivity index is 1.68. The summed E-state index contributed by atoms with van der Waals surface area (Å²) >= 11 is 0. The van der Waals surface area contributed by atoms with E-state index in [-0.39, 0.29) is 5.91 Å². The van der Waals surface area contributed by atoms with Crippen LogP contribution in [0.15, 0.2) is 42.5 Å². The number of carbonyl (C=O) groups excluding carboxylic acids is 1. The molecule has 0 spiro atoms. The van der Waals surface area contributed by atoms with Gasteiger partial charge < -0.3 is 5.32 Å². The molecule has 0 saturated heterocycles. The number of H-pyrrole nitrogens is 2. The van der Waals surface area contributed by atoms with E-state index in [0.717, 1.165) is 16.4 Å². The number of fused-ring (bicyclic) bond motifs is 2. The first-order chi connectivity index (χ1) is 10.3. The lowest BCUT2D eigenvalue weighted by molar-refractivity contribution is 0.102. The van der Waals surface area contributed by atoms with Gasteiger partial charge in [-0.15, -0.1) is 0 Å². The summed E-state index contributed by atoms with van der Waals surface area (Å²) in [6.07, 6.45) is 0. The Morgan fingerprint density at radius 2 is 1.86 bits per heavy atom. The molecule has 0 aliphatic heterocycles. The maximum Gasteiger partial charge on any atom is 0.256 e. The van der Waals surface area contributed by atoms with Gasteiger partial charge in [0.15, 0.2) is 5.82 Å². The summed E-state index contributed by atoms with van der Waals surface area (Å²) in [7, 11) is 0. The smallest absolute Gasteiger partial charge is 0.256 e. The number of benzene rings is 2. The maximum absolute atomic E-state index is 12.3. The standard InChI is InChI=1S/C14H10N6O/c21-14(8-5-6-11-12(7-8)18-20-17-11)15-13-9-3-1-2-4-10(9)16-19-13/h1-7H,(H,17,18,20)(H2,15,16,19,21). The van der Waals surface area contributed by atoms with Gasteiger partial charge in [0.25, 0.3) is 5.91 Å². The van der Waals surface area contributed by atoms with Crippen molar-refractivity contribution in [3.05, 3.63) is 48.0 Å². The first-order valence-electron chi connectivity index (χ1n) is 6.36. The van der Waals surface area contributed by atoms with Crippen LogP contribution in [0.25, 0.3) is 21.9 Å². The third kappa shape index (κ3) is 1.91. The topological polar surface area (TPSA) is 99.4 Å². The number of nitrogens with one attached hydrogen (secondary N) is 3. The Hall–Kier alpha value is -3.22. The number of anilines is 1. The summed E-state index contributed by atoms with van der Waals surface area (Å²) in [6.45, 7) is 0. The van der Waals surface area contributed by atoms with Crippen LogP contribution >= 0.6 is 0 Å². The minimum Gasteiger partial charge on any atom is -0.305 e. The minimum absolute atomic E-state index is 0.239. The van der Waals surface area contributed by atoms with E-state index in [1.165, 1.54) is 0 Å². The molecule has 2 aromatic carbocycles. The van der Waals surface area contributed by atoms with Crippen LogP contribution < -0.4 is 5.32 Å². The maximum atomic E-state index is 12.3. The highest BCUT2D eigenvalue weighted by molar-refractivity contribution is 6.08. The highest BCUT2D eigenvalue weighted by atomic mass is 16.1. The van der Waals surface area contributed by atoms with E-state index in [4.69, 9.17) is 0 Å². The minimum atomic E-state index is -0.239. The third-order valence-electron chi connectivity index (χ3n) is 3.28. The van der Waals surface area contributed by atoms with Crippen molar-refractivity contribution in [2.24, 2.45) is 0 Å². The number of aromatic nitrogens is 5. The molecule has 0 bridgehead atoms. The fourth-order valence-corrected chi connectivity index (χ4v) is 2.22. The second-order valence-corrected chi connectivity index (χ2v) is 4.60. The van der Waals surface area contributed by atoms with Gasteiger partial charge >= 0.3 is 0 Å². The van der Waals surface area contributed by atoms with Gasteiger partial charge in [-0.1, -0.05) is 12.1 Å². The quantitative estimate of drug-likeness (QED) is 0.522. The molecule has 2 heterocycles. The van der Waals surface area contributed by atoms with Crippen molar-refractivity contribution in [2.45, 2.75) is 0 Å². The predicted molar refractivity (Wildman–Crippen MR) is 77.9 cm³/mol. The number of rotatable bonds is 2. The summed E-state index contributed by atoms with van der Waals surface area (Å²) in [6, 6.07) is 12.7. The van der Waals surface area contributed by atoms with E-state index < -0.39 is 0 Å². The van der Waals surface area contributed by atoms with Crippen molar-refractivity contribution in [3.8, 4) is 0 Å².